The molecule has 0 atom stereocenters. The summed E-state index contributed by atoms with van der Waals surface area (Å²) in [5.41, 5.74) is 1.61. The van der Waals surface area contributed by atoms with Crippen LogP contribution in [0.1, 0.15) is 43.7 Å². The molecule has 0 unspecified atom stereocenters. The van der Waals surface area contributed by atoms with E-state index in [9.17, 15) is 5.11 Å². The van der Waals surface area contributed by atoms with E-state index in [1.807, 2.05) is 26.0 Å². The molecule has 2 rings (SSSR count). The lowest BCUT2D eigenvalue weighted by atomic mass is 9.96. The second-order valence-corrected chi connectivity index (χ2v) is 5.42. The minimum absolute atomic E-state index is 0.745. The van der Waals surface area contributed by atoms with Crippen LogP contribution in [0.3, 0.4) is 0 Å². The molecule has 1 aliphatic carbocycles. The van der Waals surface area contributed by atoms with Crippen LogP contribution in [0.25, 0.3) is 0 Å². The molecule has 0 aliphatic heterocycles. The predicted molar refractivity (Wildman–Crippen MR) is 61.4 cm³/mol. The molecule has 1 N–H and O–H groups in total. The molecule has 1 saturated carbocycles. The summed E-state index contributed by atoms with van der Waals surface area (Å²) >= 11 is 3.57. The van der Waals surface area contributed by atoms with Crippen LogP contribution >= 0.6 is 15.9 Å². The Morgan fingerprint density at radius 3 is 2.43 bits per heavy atom. The summed E-state index contributed by atoms with van der Waals surface area (Å²) in [7, 11) is 0. The maximum atomic E-state index is 9.84. The van der Waals surface area contributed by atoms with Crippen molar-refractivity contribution < 1.29 is 5.11 Å². The van der Waals surface area contributed by atoms with Crippen molar-refractivity contribution >= 4 is 15.9 Å². The molecular weight excluding hydrogens is 240 g/mol. The average Bonchev–Trinajstić information content (AvgIpc) is 2.85. The maximum absolute atomic E-state index is 9.84. The van der Waals surface area contributed by atoms with Gasteiger partial charge in [-0.05, 0) is 49.8 Å². The maximum Gasteiger partial charge on any atom is 0.0840 e. The van der Waals surface area contributed by atoms with E-state index in [2.05, 4.69) is 22.0 Å². The zero-order valence-corrected chi connectivity index (χ0v) is 10.1. The quantitative estimate of drug-likeness (QED) is 0.856. The minimum atomic E-state index is -0.745. The van der Waals surface area contributed by atoms with Crippen LogP contribution in [0.15, 0.2) is 22.7 Å². The highest BCUT2D eigenvalue weighted by Gasteiger charge is 2.26. The molecule has 0 radical (unpaired) electrons. The molecule has 1 aromatic rings. The fourth-order valence-corrected chi connectivity index (χ4v) is 2.34. The van der Waals surface area contributed by atoms with E-state index in [1.165, 1.54) is 18.4 Å². The Bertz CT molecular complexity index is 348. The van der Waals surface area contributed by atoms with Crippen LogP contribution < -0.4 is 0 Å². The first-order valence-electron chi connectivity index (χ1n) is 5.01. The summed E-state index contributed by atoms with van der Waals surface area (Å²) in [6.07, 6.45) is 2.61. The van der Waals surface area contributed by atoms with Crippen LogP contribution in [0.5, 0.6) is 0 Å². The van der Waals surface area contributed by atoms with E-state index in [0.717, 1.165) is 16.0 Å². The van der Waals surface area contributed by atoms with Gasteiger partial charge >= 0.3 is 0 Å². The number of halogens is 1. The van der Waals surface area contributed by atoms with Crippen molar-refractivity contribution in [1.82, 2.24) is 0 Å². The Labute approximate surface area is 93.3 Å². The standard InChI is InChI=1S/C12H15BrO/c1-12(2,14)9-5-6-10(8-3-4-8)11(13)7-9/h5-8,14H,3-4H2,1-2H3. The van der Waals surface area contributed by atoms with E-state index in [0.29, 0.717) is 0 Å². The molecule has 0 heterocycles. The van der Waals surface area contributed by atoms with E-state index < -0.39 is 5.60 Å². The monoisotopic (exact) mass is 254 g/mol. The van der Waals surface area contributed by atoms with Gasteiger partial charge in [-0.15, -0.1) is 0 Å². The molecule has 0 spiro atoms. The third kappa shape index (κ3) is 2.01. The molecular formula is C12H15BrO. The molecule has 14 heavy (non-hydrogen) atoms. The molecule has 1 fully saturated rings. The van der Waals surface area contributed by atoms with Crippen molar-refractivity contribution in [3.63, 3.8) is 0 Å². The van der Waals surface area contributed by atoms with Crippen LogP contribution in [0, 0.1) is 0 Å². The summed E-state index contributed by atoms with van der Waals surface area (Å²) in [4.78, 5) is 0. The first-order chi connectivity index (χ1) is 6.48. The highest BCUT2D eigenvalue weighted by Crippen LogP contribution is 2.43. The van der Waals surface area contributed by atoms with Crippen LogP contribution in [0.4, 0.5) is 0 Å². The third-order valence-electron chi connectivity index (χ3n) is 2.72. The molecule has 76 valence electrons. The van der Waals surface area contributed by atoms with Gasteiger partial charge in [0, 0.05) is 4.47 Å². The molecule has 1 nitrogen and oxygen atoms in total. The lowest BCUT2D eigenvalue weighted by Gasteiger charge is -2.18. The van der Waals surface area contributed by atoms with E-state index in [4.69, 9.17) is 0 Å². The Balaban J connectivity index is 2.35. The Hall–Kier alpha value is -0.340. The van der Waals surface area contributed by atoms with Gasteiger partial charge in [-0.25, -0.2) is 0 Å². The SMILES string of the molecule is CC(C)(O)c1ccc(C2CC2)c(Br)c1. The minimum Gasteiger partial charge on any atom is -0.386 e. The van der Waals surface area contributed by atoms with Crippen molar-refractivity contribution in [3.05, 3.63) is 33.8 Å². The molecule has 0 saturated heterocycles. The van der Waals surface area contributed by atoms with E-state index >= 15 is 0 Å². The van der Waals surface area contributed by atoms with Gasteiger partial charge in [0.05, 0.1) is 5.60 Å². The second-order valence-electron chi connectivity index (χ2n) is 4.57. The van der Waals surface area contributed by atoms with Gasteiger partial charge in [0.15, 0.2) is 0 Å². The first kappa shape index (κ1) is 10.2. The van der Waals surface area contributed by atoms with Gasteiger partial charge in [-0.1, -0.05) is 28.1 Å². The zero-order valence-electron chi connectivity index (χ0n) is 8.55. The predicted octanol–water partition coefficient (Wildman–Crippen LogP) is 3.55. The van der Waals surface area contributed by atoms with Crippen LogP contribution in [-0.2, 0) is 5.60 Å². The first-order valence-corrected chi connectivity index (χ1v) is 5.80. The highest BCUT2D eigenvalue weighted by molar-refractivity contribution is 9.10. The van der Waals surface area contributed by atoms with Gasteiger partial charge < -0.3 is 5.11 Å². The highest BCUT2D eigenvalue weighted by atomic mass is 79.9. The zero-order chi connectivity index (χ0) is 10.3. The van der Waals surface area contributed by atoms with Gasteiger partial charge in [0.25, 0.3) is 0 Å². The largest absolute Gasteiger partial charge is 0.386 e. The van der Waals surface area contributed by atoms with Gasteiger partial charge in [0.2, 0.25) is 0 Å². The van der Waals surface area contributed by atoms with Crippen molar-refractivity contribution in [1.29, 1.82) is 0 Å². The van der Waals surface area contributed by atoms with E-state index in [1.54, 1.807) is 0 Å². The molecule has 0 bridgehead atoms. The number of rotatable bonds is 2. The Kier molecular flexibility index (Phi) is 2.44. The van der Waals surface area contributed by atoms with Crippen molar-refractivity contribution in [2.24, 2.45) is 0 Å². The average molecular weight is 255 g/mol. The topological polar surface area (TPSA) is 20.2 Å². The number of aliphatic hydroxyl groups is 1. The summed E-state index contributed by atoms with van der Waals surface area (Å²) < 4.78 is 1.14. The van der Waals surface area contributed by atoms with Gasteiger partial charge in [0.1, 0.15) is 0 Å². The lowest BCUT2D eigenvalue weighted by molar-refractivity contribution is 0.0785. The van der Waals surface area contributed by atoms with Crippen molar-refractivity contribution in [2.45, 2.75) is 38.2 Å². The van der Waals surface area contributed by atoms with Crippen LogP contribution in [-0.4, -0.2) is 5.11 Å². The lowest BCUT2D eigenvalue weighted by Crippen LogP contribution is -2.15. The summed E-state index contributed by atoms with van der Waals surface area (Å²) in [5.74, 6) is 0.750. The number of hydrogen-bond acceptors (Lipinski definition) is 1. The fraction of sp³-hybridized carbons (Fsp3) is 0.500. The van der Waals surface area contributed by atoms with E-state index in [-0.39, 0.29) is 0 Å². The van der Waals surface area contributed by atoms with Crippen molar-refractivity contribution in [3.8, 4) is 0 Å². The third-order valence-corrected chi connectivity index (χ3v) is 3.41. The second kappa shape index (κ2) is 3.35. The van der Waals surface area contributed by atoms with Crippen LogP contribution in [0.2, 0.25) is 0 Å². The summed E-state index contributed by atoms with van der Waals surface area (Å²) in [5, 5.41) is 9.84. The molecule has 0 amide bonds. The van der Waals surface area contributed by atoms with Crippen molar-refractivity contribution in [2.75, 3.05) is 0 Å². The summed E-state index contributed by atoms with van der Waals surface area (Å²) in [6, 6.07) is 6.20. The fourth-order valence-electron chi connectivity index (χ4n) is 1.63. The van der Waals surface area contributed by atoms with Gasteiger partial charge in [-0.3, -0.25) is 0 Å². The molecule has 2 heteroatoms. The van der Waals surface area contributed by atoms with Gasteiger partial charge in [-0.2, -0.15) is 0 Å². The number of benzene rings is 1. The molecule has 1 aliphatic rings. The summed E-state index contributed by atoms with van der Waals surface area (Å²) in [6.45, 7) is 3.62. The smallest absolute Gasteiger partial charge is 0.0840 e. The molecule has 1 aromatic carbocycles. The Morgan fingerprint density at radius 2 is 2.00 bits per heavy atom. The Morgan fingerprint density at radius 1 is 1.36 bits per heavy atom. The normalized spacial score (nSPS) is 17.1. The molecule has 0 aromatic heterocycles. The number of hydrogen-bond donors (Lipinski definition) is 1.